The third kappa shape index (κ3) is 8.74. The highest BCUT2D eigenvalue weighted by Gasteiger charge is 2.30. The van der Waals surface area contributed by atoms with Crippen LogP contribution in [0.1, 0.15) is 30.5 Å². The molecule has 0 fully saturated rings. The molecule has 0 aliphatic rings. The van der Waals surface area contributed by atoms with E-state index in [1.165, 1.54) is 11.8 Å². The van der Waals surface area contributed by atoms with E-state index in [-0.39, 0.29) is 30.2 Å². The topological polar surface area (TPSA) is 49.4 Å². The number of hydrogen-bond acceptors (Lipinski definition) is 3. The summed E-state index contributed by atoms with van der Waals surface area (Å²) in [5.74, 6) is 0.526. The lowest BCUT2D eigenvalue weighted by Crippen LogP contribution is -2.52. The van der Waals surface area contributed by atoms with Crippen LogP contribution in [0.3, 0.4) is 0 Å². The molecule has 0 spiro atoms. The Morgan fingerprint density at radius 1 is 0.861 bits per heavy atom. The zero-order valence-electron chi connectivity index (χ0n) is 20.2. The fourth-order valence-corrected chi connectivity index (χ4v) is 5.13. The van der Waals surface area contributed by atoms with Crippen molar-refractivity contribution in [2.24, 2.45) is 0 Å². The third-order valence-electron chi connectivity index (χ3n) is 5.42. The lowest BCUT2D eigenvalue weighted by molar-refractivity contribution is -0.139. The number of rotatable bonds is 11. The highest BCUT2D eigenvalue weighted by Crippen LogP contribution is 2.25. The molecule has 0 radical (unpaired) electrons. The second-order valence-electron chi connectivity index (χ2n) is 8.76. The van der Waals surface area contributed by atoms with Crippen molar-refractivity contribution in [1.82, 2.24) is 10.2 Å². The van der Waals surface area contributed by atoms with E-state index >= 15 is 0 Å². The van der Waals surface area contributed by atoms with Gasteiger partial charge in [0.05, 0.1) is 15.8 Å². The van der Waals surface area contributed by atoms with Crippen molar-refractivity contribution in [3.8, 4) is 0 Å². The zero-order chi connectivity index (χ0) is 26.1. The Labute approximate surface area is 232 Å². The summed E-state index contributed by atoms with van der Waals surface area (Å²) in [6.45, 7) is 4.05. The molecule has 0 saturated heterocycles. The number of hydrogen-bond donors (Lipinski definition) is 1. The lowest BCUT2D eigenvalue weighted by Gasteiger charge is -2.32. The molecule has 0 aromatic heterocycles. The number of amides is 2. The van der Waals surface area contributed by atoms with E-state index in [0.29, 0.717) is 27.2 Å². The largest absolute Gasteiger partial charge is 0.352 e. The zero-order valence-corrected chi connectivity index (χ0v) is 23.3. The van der Waals surface area contributed by atoms with Gasteiger partial charge in [-0.05, 0) is 54.8 Å². The quantitative estimate of drug-likeness (QED) is 0.272. The second kappa shape index (κ2) is 13.9. The van der Waals surface area contributed by atoms with Gasteiger partial charge in [-0.3, -0.25) is 9.59 Å². The number of thioether (sulfide) groups is 1. The van der Waals surface area contributed by atoms with E-state index in [4.69, 9.17) is 34.8 Å². The fraction of sp³-hybridized carbons (Fsp3) is 0.286. The monoisotopic (exact) mass is 562 g/mol. The molecule has 8 heteroatoms. The molecule has 0 aliphatic heterocycles. The Morgan fingerprint density at radius 3 is 2.25 bits per heavy atom. The van der Waals surface area contributed by atoms with Crippen molar-refractivity contribution in [2.75, 3.05) is 5.75 Å². The number of nitrogens with zero attached hydrogens (tertiary/aromatic N) is 1. The first-order valence-electron chi connectivity index (χ1n) is 11.6. The normalized spacial score (nSPS) is 11.8. The number of benzene rings is 3. The minimum absolute atomic E-state index is 0.0603. The number of halogens is 3. The van der Waals surface area contributed by atoms with Gasteiger partial charge in [-0.15, -0.1) is 11.8 Å². The summed E-state index contributed by atoms with van der Waals surface area (Å²) in [5, 5.41) is 4.50. The van der Waals surface area contributed by atoms with Gasteiger partial charge in [-0.25, -0.2) is 0 Å². The van der Waals surface area contributed by atoms with Crippen molar-refractivity contribution < 1.29 is 9.59 Å². The first-order chi connectivity index (χ1) is 17.2. The van der Waals surface area contributed by atoms with E-state index in [9.17, 15) is 9.59 Å². The number of nitrogens with one attached hydrogen (secondary N) is 1. The highest BCUT2D eigenvalue weighted by atomic mass is 35.5. The molecular weight excluding hydrogens is 535 g/mol. The van der Waals surface area contributed by atoms with Crippen molar-refractivity contribution in [2.45, 2.75) is 44.6 Å². The smallest absolute Gasteiger partial charge is 0.243 e. The van der Waals surface area contributed by atoms with Gasteiger partial charge < -0.3 is 10.2 Å². The van der Waals surface area contributed by atoms with Crippen LogP contribution in [0.25, 0.3) is 0 Å². The maximum absolute atomic E-state index is 13.6. The minimum atomic E-state index is -0.691. The van der Waals surface area contributed by atoms with Crippen LogP contribution in [0.2, 0.25) is 15.1 Å². The molecule has 3 aromatic rings. The Morgan fingerprint density at radius 2 is 1.58 bits per heavy atom. The Bertz CT molecular complexity index is 1170. The molecular formula is C28H29Cl3N2O2S. The van der Waals surface area contributed by atoms with Crippen molar-refractivity contribution in [1.29, 1.82) is 0 Å². The van der Waals surface area contributed by atoms with Gasteiger partial charge in [0.1, 0.15) is 6.04 Å². The average molecular weight is 564 g/mol. The summed E-state index contributed by atoms with van der Waals surface area (Å²) in [4.78, 5) is 28.6. The van der Waals surface area contributed by atoms with Crippen LogP contribution >= 0.6 is 46.6 Å². The number of carbonyl (C=O) groups excluding carboxylic acids is 2. The SMILES string of the molecule is CC(C)NC(=O)C(Cc1ccccc1)N(Cc1ccc(Cl)c(Cl)c1)C(=O)CSCc1cccc(Cl)c1. The molecule has 3 rings (SSSR count). The summed E-state index contributed by atoms with van der Waals surface area (Å²) in [6, 6.07) is 21.8. The van der Waals surface area contributed by atoms with Gasteiger partial charge in [0.15, 0.2) is 0 Å². The van der Waals surface area contributed by atoms with Crippen LogP contribution in [0.5, 0.6) is 0 Å². The van der Waals surface area contributed by atoms with Crippen molar-refractivity contribution in [3.05, 3.63) is 105 Å². The molecule has 190 valence electrons. The van der Waals surface area contributed by atoms with Crippen molar-refractivity contribution >= 4 is 58.4 Å². The molecule has 2 amide bonds. The van der Waals surface area contributed by atoms with E-state index in [0.717, 1.165) is 16.7 Å². The summed E-state index contributed by atoms with van der Waals surface area (Å²) in [5.41, 5.74) is 2.81. The average Bonchev–Trinajstić information content (AvgIpc) is 2.83. The molecule has 1 N–H and O–H groups in total. The maximum Gasteiger partial charge on any atom is 0.243 e. The van der Waals surface area contributed by atoms with Gasteiger partial charge in [0.25, 0.3) is 0 Å². The standard InChI is InChI=1S/C28H29Cl3N2O2S/c1-19(2)32-28(35)26(15-20-7-4-3-5-8-20)33(16-21-11-12-24(30)25(31)14-21)27(34)18-36-17-22-9-6-10-23(29)13-22/h3-14,19,26H,15-18H2,1-2H3,(H,32,35). The van der Waals surface area contributed by atoms with Crippen LogP contribution in [-0.2, 0) is 28.3 Å². The summed E-state index contributed by atoms with van der Waals surface area (Å²) in [6.07, 6.45) is 0.394. The summed E-state index contributed by atoms with van der Waals surface area (Å²) in [7, 11) is 0. The first-order valence-corrected chi connectivity index (χ1v) is 13.9. The van der Waals surface area contributed by atoms with Gasteiger partial charge in [0.2, 0.25) is 11.8 Å². The highest BCUT2D eigenvalue weighted by molar-refractivity contribution is 7.99. The van der Waals surface area contributed by atoms with E-state index in [1.807, 2.05) is 74.5 Å². The maximum atomic E-state index is 13.6. The predicted octanol–water partition coefficient (Wildman–Crippen LogP) is 7.04. The minimum Gasteiger partial charge on any atom is -0.352 e. The van der Waals surface area contributed by atoms with Gasteiger partial charge in [-0.2, -0.15) is 0 Å². The lowest BCUT2D eigenvalue weighted by atomic mass is 10.0. The van der Waals surface area contributed by atoms with Crippen LogP contribution in [0.15, 0.2) is 72.8 Å². The van der Waals surface area contributed by atoms with E-state index in [2.05, 4.69) is 5.32 Å². The molecule has 0 saturated carbocycles. The predicted molar refractivity (Wildman–Crippen MR) is 152 cm³/mol. The molecule has 3 aromatic carbocycles. The third-order valence-corrected chi connectivity index (χ3v) is 7.38. The second-order valence-corrected chi connectivity index (χ2v) is 11.0. The van der Waals surface area contributed by atoms with Gasteiger partial charge >= 0.3 is 0 Å². The van der Waals surface area contributed by atoms with Crippen molar-refractivity contribution in [3.63, 3.8) is 0 Å². The van der Waals surface area contributed by atoms with Crippen LogP contribution in [0, 0.1) is 0 Å². The van der Waals surface area contributed by atoms with E-state index in [1.54, 1.807) is 17.0 Å². The first kappa shape index (κ1) is 28.4. The van der Waals surface area contributed by atoms with E-state index < -0.39 is 6.04 Å². The van der Waals surface area contributed by atoms with Crippen LogP contribution < -0.4 is 5.32 Å². The van der Waals surface area contributed by atoms with Crippen LogP contribution in [-0.4, -0.2) is 34.6 Å². The van der Waals surface area contributed by atoms with Crippen LogP contribution in [0.4, 0.5) is 0 Å². The summed E-state index contributed by atoms with van der Waals surface area (Å²) >= 11 is 19.9. The molecule has 0 heterocycles. The number of carbonyl (C=O) groups is 2. The fourth-order valence-electron chi connectivity index (χ4n) is 3.74. The molecule has 1 unspecified atom stereocenters. The van der Waals surface area contributed by atoms with Gasteiger partial charge in [0, 0.05) is 29.8 Å². The Kier molecular flexibility index (Phi) is 11.0. The summed E-state index contributed by atoms with van der Waals surface area (Å²) < 4.78 is 0. The van der Waals surface area contributed by atoms with Gasteiger partial charge in [-0.1, -0.05) is 83.3 Å². The molecule has 0 bridgehead atoms. The Hall–Kier alpha value is -2.18. The molecule has 36 heavy (non-hydrogen) atoms. The molecule has 1 atom stereocenters. The molecule has 0 aliphatic carbocycles. The Balaban J connectivity index is 1.87. The molecule has 4 nitrogen and oxygen atoms in total.